The number of aromatic nitrogens is 4. The molecule has 3 N–H and O–H groups in total. The number of anilines is 1. The zero-order chi connectivity index (χ0) is 39.7. The fraction of sp³-hybridized carbons (Fsp3) is 0.220. The van der Waals surface area contributed by atoms with E-state index in [0.29, 0.717) is 63.3 Å². The van der Waals surface area contributed by atoms with Gasteiger partial charge in [0.2, 0.25) is 0 Å². The summed E-state index contributed by atoms with van der Waals surface area (Å²) < 4.78 is 56.9. The van der Waals surface area contributed by atoms with Gasteiger partial charge in [-0.1, -0.05) is 24.3 Å². The molecule has 3 aromatic carbocycles. The summed E-state index contributed by atoms with van der Waals surface area (Å²) >= 11 is 0. The van der Waals surface area contributed by atoms with Gasteiger partial charge in [0, 0.05) is 73.1 Å². The number of aryl methyl sites for hydroxylation is 2. The van der Waals surface area contributed by atoms with Crippen molar-refractivity contribution in [3.8, 4) is 11.1 Å². The molecule has 0 aliphatic carbocycles. The van der Waals surface area contributed by atoms with Crippen LogP contribution in [-0.2, 0) is 19.1 Å². The Bertz CT molecular complexity index is 2600. The van der Waals surface area contributed by atoms with Crippen LogP contribution < -0.4 is 21.3 Å². The normalized spacial score (nSPS) is 13.2. The van der Waals surface area contributed by atoms with E-state index < -0.39 is 34.9 Å². The van der Waals surface area contributed by atoms with Crippen LogP contribution in [-0.4, -0.2) is 63.1 Å². The van der Waals surface area contributed by atoms with E-state index in [9.17, 15) is 32.3 Å². The lowest BCUT2D eigenvalue weighted by Gasteiger charge is -2.35. The summed E-state index contributed by atoms with van der Waals surface area (Å²) in [5, 5.41) is 10.4. The molecule has 1 aliphatic heterocycles. The van der Waals surface area contributed by atoms with Gasteiger partial charge in [-0.3, -0.25) is 19.2 Å². The predicted molar refractivity (Wildman–Crippen MR) is 202 cm³/mol. The van der Waals surface area contributed by atoms with E-state index in [1.807, 2.05) is 4.90 Å². The molecule has 56 heavy (non-hydrogen) atoms. The van der Waals surface area contributed by atoms with E-state index in [2.05, 4.69) is 25.5 Å². The monoisotopic (exact) mass is 765 g/mol. The molecule has 0 saturated carbocycles. The minimum Gasteiger partial charge on any atom is -0.353 e. The molecular formula is C41H35F4N7O4. The highest BCUT2D eigenvalue weighted by molar-refractivity contribution is 5.96. The second-order valence-corrected chi connectivity index (χ2v) is 13.6. The van der Waals surface area contributed by atoms with Crippen molar-refractivity contribution in [3.05, 3.63) is 156 Å². The number of hydrogen-bond donors (Lipinski definition) is 3. The number of rotatable bonds is 8. The smallest absolute Gasteiger partial charge is 0.353 e. The standard InChI is InChI=1S/C41H35F4N7O4/c1-23-15-24(2)48-38(54)33(23)22-47-37(53)28-18-27(19-29(20-28)41(43,44)45)26-8-10-36(46-21-26)51-11-13-52(14-12-51)40(56)32-16-25(7-9-34(32)42)17-35-30-5-3-4-6-31(30)39(55)50-49-35/h3-10,15-16,18-21H,11-14,17,22H2,1-2H3,(H,47,53)(H,48,54)(H,50,55). The lowest BCUT2D eigenvalue weighted by molar-refractivity contribution is -0.137. The molecule has 3 aromatic heterocycles. The fourth-order valence-electron chi connectivity index (χ4n) is 6.86. The van der Waals surface area contributed by atoms with E-state index in [1.54, 1.807) is 67.3 Å². The second kappa shape index (κ2) is 15.2. The Kier molecular flexibility index (Phi) is 10.3. The molecule has 1 aliphatic rings. The number of amides is 2. The van der Waals surface area contributed by atoms with Crippen LogP contribution in [0.4, 0.5) is 23.4 Å². The largest absolute Gasteiger partial charge is 0.416 e. The number of fused-ring (bicyclic) bond motifs is 1. The number of aromatic amines is 2. The molecule has 6 aromatic rings. The van der Waals surface area contributed by atoms with Crippen molar-refractivity contribution < 1.29 is 27.2 Å². The van der Waals surface area contributed by atoms with Gasteiger partial charge >= 0.3 is 6.18 Å². The molecule has 0 atom stereocenters. The minimum atomic E-state index is -4.74. The molecule has 286 valence electrons. The molecule has 1 fully saturated rings. The molecule has 1 saturated heterocycles. The lowest BCUT2D eigenvalue weighted by Crippen LogP contribution is -2.49. The number of nitrogens with one attached hydrogen (secondary N) is 3. The van der Waals surface area contributed by atoms with Gasteiger partial charge in [-0.15, -0.1) is 0 Å². The molecule has 11 nitrogen and oxygen atoms in total. The maximum absolute atomic E-state index is 15.0. The van der Waals surface area contributed by atoms with Gasteiger partial charge in [0.05, 0.1) is 22.2 Å². The van der Waals surface area contributed by atoms with Crippen molar-refractivity contribution in [1.82, 2.24) is 30.4 Å². The maximum atomic E-state index is 15.0. The van der Waals surface area contributed by atoms with Gasteiger partial charge in [-0.05, 0) is 85.1 Å². The molecular weight excluding hydrogens is 730 g/mol. The Hall–Kier alpha value is -6.64. The maximum Gasteiger partial charge on any atom is 0.416 e. The highest BCUT2D eigenvalue weighted by Crippen LogP contribution is 2.34. The van der Waals surface area contributed by atoms with E-state index in [-0.39, 0.29) is 48.3 Å². The lowest BCUT2D eigenvalue weighted by atomic mass is 10.00. The van der Waals surface area contributed by atoms with E-state index >= 15 is 4.39 Å². The van der Waals surface area contributed by atoms with Gasteiger partial charge in [0.15, 0.2) is 0 Å². The number of piperazine rings is 1. The van der Waals surface area contributed by atoms with Gasteiger partial charge in [-0.2, -0.15) is 18.3 Å². The summed E-state index contributed by atoms with van der Waals surface area (Å²) in [6, 6.07) is 19.4. The number of pyridine rings is 2. The third-order valence-electron chi connectivity index (χ3n) is 9.82. The SMILES string of the molecule is Cc1cc(C)c(CNC(=O)c2cc(-c3ccc(N4CCN(C(=O)c5cc(Cc6n[nH]c(=O)c7ccccc67)ccc5F)CC4)nc3)cc(C(F)(F)F)c2)c(=O)[nH]1. The summed E-state index contributed by atoms with van der Waals surface area (Å²) in [4.78, 5) is 61.8. The first-order valence-corrected chi connectivity index (χ1v) is 17.7. The average molecular weight is 766 g/mol. The van der Waals surface area contributed by atoms with Crippen molar-refractivity contribution in [3.63, 3.8) is 0 Å². The first-order valence-electron chi connectivity index (χ1n) is 17.7. The van der Waals surface area contributed by atoms with Crippen molar-refractivity contribution in [2.45, 2.75) is 33.0 Å². The van der Waals surface area contributed by atoms with Crippen molar-refractivity contribution in [2.24, 2.45) is 0 Å². The number of nitrogens with zero attached hydrogens (tertiary/aromatic N) is 4. The number of carbonyl (C=O) groups excluding carboxylic acids is 2. The van der Waals surface area contributed by atoms with Crippen LogP contribution in [0.15, 0.2) is 94.6 Å². The Morgan fingerprint density at radius 1 is 0.857 bits per heavy atom. The Morgan fingerprint density at radius 3 is 2.30 bits per heavy atom. The third kappa shape index (κ3) is 7.92. The molecule has 2 amide bonds. The fourth-order valence-corrected chi connectivity index (χ4v) is 6.86. The molecule has 0 radical (unpaired) electrons. The first-order chi connectivity index (χ1) is 26.7. The summed E-state index contributed by atoms with van der Waals surface area (Å²) in [5.74, 6) is -1.39. The Balaban J connectivity index is 1.02. The van der Waals surface area contributed by atoms with Crippen molar-refractivity contribution in [2.75, 3.05) is 31.1 Å². The average Bonchev–Trinajstić information content (AvgIpc) is 3.18. The number of H-pyrrole nitrogens is 2. The molecule has 4 heterocycles. The van der Waals surface area contributed by atoms with E-state index in [1.165, 1.54) is 24.4 Å². The van der Waals surface area contributed by atoms with Crippen LogP contribution in [0.2, 0.25) is 0 Å². The Labute approximate surface area is 317 Å². The molecule has 0 bridgehead atoms. The number of benzene rings is 3. The summed E-state index contributed by atoms with van der Waals surface area (Å²) in [5.41, 5.74) is 1.23. The highest BCUT2D eigenvalue weighted by Gasteiger charge is 2.32. The zero-order valence-corrected chi connectivity index (χ0v) is 30.3. The molecule has 0 spiro atoms. The molecule has 15 heteroatoms. The van der Waals surface area contributed by atoms with Gasteiger partial charge in [-0.25, -0.2) is 14.5 Å². The topological polar surface area (TPSA) is 144 Å². The van der Waals surface area contributed by atoms with Crippen LogP contribution in [0.5, 0.6) is 0 Å². The number of alkyl halides is 3. The number of hydrogen-bond acceptors (Lipinski definition) is 7. The summed E-state index contributed by atoms with van der Waals surface area (Å²) in [6.07, 6.45) is -3.06. The van der Waals surface area contributed by atoms with Gasteiger partial charge < -0.3 is 20.1 Å². The summed E-state index contributed by atoms with van der Waals surface area (Å²) in [6.45, 7) is 4.51. The van der Waals surface area contributed by atoms with Gasteiger partial charge in [0.25, 0.3) is 22.9 Å². The zero-order valence-electron chi connectivity index (χ0n) is 30.3. The first kappa shape index (κ1) is 37.7. The minimum absolute atomic E-state index is 0.0831. The van der Waals surface area contributed by atoms with E-state index in [4.69, 9.17) is 0 Å². The van der Waals surface area contributed by atoms with Crippen LogP contribution in [0.1, 0.15) is 54.4 Å². The van der Waals surface area contributed by atoms with Crippen LogP contribution in [0.3, 0.4) is 0 Å². The number of halogens is 4. The summed E-state index contributed by atoms with van der Waals surface area (Å²) in [7, 11) is 0. The highest BCUT2D eigenvalue weighted by atomic mass is 19.4. The Morgan fingerprint density at radius 2 is 1.61 bits per heavy atom. The number of carbonyl (C=O) groups is 2. The van der Waals surface area contributed by atoms with Crippen LogP contribution in [0.25, 0.3) is 21.9 Å². The quantitative estimate of drug-likeness (QED) is 0.163. The van der Waals surface area contributed by atoms with Crippen LogP contribution >= 0.6 is 0 Å². The van der Waals surface area contributed by atoms with Crippen LogP contribution in [0, 0.1) is 19.7 Å². The van der Waals surface area contributed by atoms with Crippen molar-refractivity contribution >= 4 is 28.4 Å². The predicted octanol–water partition coefficient (Wildman–Crippen LogP) is 5.93. The van der Waals surface area contributed by atoms with Gasteiger partial charge in [0.1, 0.15) is 11.6 Å². The molecule has 7 rings (SSSR count). The second-order valence-electron chi connectivity index (χ2n) is 13.6. The van der Waals surface area contributed by atoms with E-state index in [0.717, 1.165) is 12.1 Å². The van der Waals surface area contributed by atoms with Crippen molar-refractivity contribution in [1.29, 1.82) is 0 Å². The molecule has 0 unspecified atom stereocenters. The third-order valence-corrected chi connectivity index (χ3v) is 9.82.